The maximum absolute atomic E-state index is 5.93. The number of guanidine groups is 1. The Balaban J connectivity index is 0.00000300. The molecule has 29 heavy (non-hydrogen) atoms. The van der Waals surface area contributed by atoms with Crippen LogP contribution in [0.2, 0.25) is 0 Å². The van der Waals surface area contributed by atoms with Gasteiger partial charge in [0.2, 0.25) is 0 Å². The number of ether oxygens (including phenoxy) is 1. The summed E-state index contributed by atoms with van der Waals surface area (Å²) in [5.41, 5.74) is 3.41. The highest BCUT2D eigenvalue weighted by Crippen LogP contribution is 2.23. The quantitative estimate of drug-likeness (QED) is 0.349. The number of aryl methyl sites for hydroxylation is 3. The van der Waals surface area contributed by atoms with E-state index >= 15 is 0 Å². The minimum atomic E-state index is 0. The number of halogens is 1. The van der Waals surface area contributed by atoms with Crippen molar-refractivity contribution in [3.05, 3.63) is 40.6 Å². The number of nitrogens with zero attached hydrogens (tertiary/aromatic N) is 4. The van der Waals surface area contributed by atoms with Crippen LogP contribution in [-0.2, 0) is 18.3 Å². The molecule has 0 amide bonds. The van der Waals surface area contributed by atoms with E-state index < -0.39 is 0 Å². The second-order valence-corrected chi connectivity index (χ2v) is 7.19. The number of aliphatic imine (C=N–C) groups is 1. The highest BCUT2D eigenvalue weighted by molar-refractivity contribution is 14.0. The molecule has 0 aromatic carbocycles. The maximum Gasteiger partial charge on any atom is 0.191 e. The van der Waals surface area contributed by atoms with Gasteiger partial charge < -0.3 is 19.8 Å². The summed E-state index contributed by atoms with van der Waals surface area (Å²) in [5.74, 6) is 2.67. The molecule has 3 rings (SSSR count). The highest BCUT2D eigenvalue weighted by Gasteiger charge is 2.25. The first kappa shape index (κ1) is 23.7. The van der Waals surface area contributed by atoms with Gasteiger partial charge in [0, 0.05) is 51.5 Å². The van der Waals surface area contributed by atoms with Gasteiger partial charge in [-0.1, -0.05) is 0 Å². The summed E-state index contributed by atoms with van der Waals surface area (Å²) >= 11 is 0. The van der Waals surface area contributed by atoms with Gasteiger partial charge in [-0.2, -0.15) is 5.10 Å². The van der Waals surface area contributed by atoms with E-state index in [4.69, 9.17) is 9.15 Å². The third-order valence-electron chi connectivity index (χ3n) is 5.35. The molecule has 162 valence electrons. The Morgan fingerprint density at radius 3 is 2.48 bits per heavy atom. The van der Waals surface area contributed by atoms with E-state index in [1.54, 1.807) is 7.05 Å². The number of nitrogens with one attached hydrogen (secondary N) is 2. The van der Waals surface area contributed by atoms with Gasteiger partial charge in [0.1, 0.15) is 11.5 Å². The lowest BCUT2D eigenvalue weighted by molar-refractivity contribution is 0.0124. The Morgan fingerprint density at radius 1 is 1.21 bits per heavy atom. The fraction of sp³-hybridized carbons (Fsp3) is 0.600. The van der Waals surface area contributed by atoms with Gasteiger partial charge in [0.25, 0.3) is 0 Å². The topological polar surface area (TPSA) is 79.8 Å². The van der Waals surface area contributed by atoms with Crippen molar-refractivity contribution in [2.75, 3.05) is 39.9 Å². The number of hydrogen-bond acceptors (Lipinski definition) is 5. The van der Waals surface area contributed by atoms with Crippen LogP contribution in [0.25, 0.3) is 0 Å². The van der Waals surface area contributed by atoms with E-state index in [1.807, 2.05) is 31.6 Å². The molecule has 1 atom stereocenters. The maximum atomic E-state index is 5.93. The molecule has 9 heteroatoms. The summed E-state index contributed by atoms with van der Waals surface area (Å²) in [6.45, 7) is 10.8. The highest BCUT2D eigenvalue weighted by atomic mass is 127. The van der Waals surface area contributed by atoms with E-state index in [0.717, 1.165) is 55.2 Å². The second-order valence-electron chi connectivity index (χ2n) is 7.19. The fourth-order valence-corrected chi connectivity index (χ4v) is 3.59. The lowest BCUT2D eigenvalue weighted by Crippen LogP contribution is -2.46. The second kappa shape index (κ2) is 11.0. The molecule has 1 fully saturated rings. The van der Waals surface area contributed by atoms with Gasteiger partial charge >= 0.3 is 0 Å². The average molecular weight is 516 g/mol. The Hall–Kier alpha value is -1.59. The van der Waals surface area contributed by atoms with Crippen LogP contribution in [0.1, 0.15) is 34.5 Å². The number of aromatic nitrogens is 2. The van der Waals surface area contributed by atoms with Crippen molar-refractivity contribution in [2.45, 2.75) is 33.4 Å². The molecule has 2 aromatic rings. The SMILES string of the molecule is CN=C(NCc1c(C)nn(C)c1C)NCC(c1ccc(C)o1)N1CCOCC1.I. The number of rotatable bonds is 6. The van der Waals surface area contributed by atoms with Gasteiger partial charge in [-0.15, -0.1) is 24.0 Å². The Morgan fingerprint density at radius 2 is 1.93 bits per heavy atom. The molecule has 8 nitrogen and oxygen atoms in total. The monoisotopic (exact) mass is 516 g/mol. The fourth-order valence-electron chi connectivity index (χ4n) is 3.59. The van der Waals surface area contributed by atoms with E-state index in [2.05, 4.69) is 38.6 Å². The number of morpholine rings is 1. The van der Waals surface area contributed by atoms with Crippen LogP contribution >= 0.6 is 24.0 Å². The molecular formula is C20H33IN6O2. The molecule has 0 bridgehead atoms. The van der Waals surface area contributed by atoms with Gasteiger partial charge in [-0.05, 0) is 32.9 Å². The molecule has 0 radical (unpaired) electrons. The molecule has 3 heterocycles. The lowest BCUT2D eigenvalue weighted by Gasteiger charge is -2.33. The average Bonchev–Trinajstić information content (AvgIpc) is 3.22. The standard InChI is InChI=1S/C20H32N6O2.HI/c1-14-6-7-19(28-14)18(26-8-10-27-11-9-26)13-23-20(21-4)22-12-17-15(2)24-25(5)16(17)3;/h6-7,18H,8-13H2,1-5H3,(H2,21,22,23);1H. The largest absolute Gasteiger partial charge is 0.465 e. The van der Waals surface area contributed by atoms with Crippen LogP contribution in [0, 0.1) is 20.8 Å². The zero-order valence-electron chi connectivity index (χ0n) is 18.0. The molecule has 1 aliphatic rings. The summed E-state index contributed by atoms with van der Waals surface area (Å²) < 4.78 is 13.4. The van der Waals surface area contributed by atoms with E-state index in [-0.39, 0.29) is 30.0 Å². The summed E-state index contributed by atoms with van der Waals surface area (Å²) in [7, 11) is 3.76. The third-order valence-corrected chi connectivity index (χ3v) is 5.35. The van der Waals surface area contributed by atoms with Crippen molar-refractivity contribution in [2.24, 2.45) is 12.0 Å². The van der Waals surface area contributed by atoms with Crippen molar-refractivity contribution in [1.82, 2.24) is 25.3 Å². The molecule has 2 N–H and O–H groups in total. The molecule has 0 aliphatic carbocycles. The molecule has 1 saturated heterocycles. The first-order chi connectivity index (χ1) is 13.5. The van der Waals surface area contributed by atoms with Crippen LogP contribution in [0.15, 0.2) is 21.5 Å². The Labute approximate surface area is 190 Å². The minimum absolute atomic E-state index is 0. The van der Waals surface area contributed by atoms with Crippen molar-refractivity contribution in [3.63, 3.8) is 0 Å². The zero-order valence-corrected chi connectivity index (χ0v) is 20.3. The Kier molecular flexibility index (Phi) is 8.97. The van der Waals surface area contributed by atoms with Crippen molar-refractivity contribution in [1.29, 1.82) is 0 Å². The molecule has 1 unspecified atom stereocenters. The predicted octanol–water partition coefficient (Wildman–Crippen LogP) is 2.29. The molecular weight excluding hydrogens is 483 g/mol. The van der Waals surface area contributed by atoms with E-state index in [9.17, 15) is 0 Å². The summed E-state index contributed by atoms with van der Waals surface area (Å²) in [6.07, 6.45) is 0. The zero-order chi connectivity index (χ0) is 20.1. The molecule has 0 saturated carbocycles. The van der Waals surface area contributed by atoms with Gasteiger partial charge in [0.05, 0.1) is 24.9 Å². The first-order valence-electron chi connectivity index (χ1n) is 9.81. The van der Waals surface area contributed by atoms with Gasteiger partial charge in [-0.3, -0.25) is 14.6 Å². The smallest absolute Gasteiger partial charge is 0.191 e. The number of furan rings is 1. The van der Waals surface area contributed by atoms with E-state index in [1.165, 1.54) is 5.56 Å². The first-order valence-corrected chi connectivity index (χ1v) is 9.81. The molecule has 1 aliphatic heterocycles. The van der Waals surface area contributed by atoms with Crippen molar-refractivity contribution in [3.8, 4) is 0 Å². The lowest BCUT2D eigenvalue weighted by atomic mass is 10.1. The van der Waals surface area contributed by atoms with Crippen LogP contribution in [-0.4, -0.2) is 60.5 Å². The normalized spacial score (nSPS) is 16.4. The van der Waals surface area contributed by atoms with Crippen molar-refractivity contribution >= 4 is 29.9 Å². The Bertz CT molecular complexity index is 810. The van der Waals surface area contributed by atoms with Crippen LogP contribution in [0.5, 0.6) is 0 Å². The van der Waals surface area contributed by atoms with Crippen LogP contribution in [0.3, 0.4) is 0 Å². The van der Waals surface area contributed by atoms with Crippen LogP contribution in [0.4, 0.5) is 0 Å². The minimum Gasteiger partial charge on any atom is -0.465 e. The third kappa shape index (κ3) is 5.95. The van der Waals surface area contributed by atoms with Gasteiger partial charge in [0.15, 0.2) is 5.96 Å². The molecule has 0 spiro atoms. The molecule has 2 aromatic heterocycles. The predicted molar refractivity (Wildman–Crippen MR) is 125 cm³/mol. The summed E-state index contributed by atoms with van der Waals surface area (Å²) in [5, 5.41) is 11.3. The number of hydrogen-bond donors (Lipinski definition) is 2. The van der Waals surface area contributed by atoms with Crippen molar-refractivity contribution < 1.29 is 9.15 Å². The summed E-state index contributed by atoms with van der Waals surface area (Å²) in [6, 6.07) is 4.22. The van der Waals surface area contributed by atoms with Gasteiger partial charge in [-0.25, -0.2) is 0 Å². The van der Waals surface area contributed by atoms with Crippen LogP contribution < -0.4 is 10.6 Å². The summed E-state index contributed by atoms with van der Waals surface area (Å²) in [4.78, 5) is 6.78. The van der Waals surface area contributed by atoms with E-state index in [0.29, 0.717) is 13.1 Å².